The lowest BCUT2D eigenvalue weighted by molar-refractivity contribution is -0.134. The van der Waals surface area contributed by atoms with Gasteiger partial charge in [-0.1, -0.05) is 13.3 Å². The molecule has 2 amide bonds. The molecule has 0 aromatic carbocycles. The summed E-state index contributed by atoms with van der Waals surface area (Å²) in [4.78, 5) is 37.2. The molecule has 0 spiro atoms. The van der Waals surface area contributed by atoms with Gasteiger partial charge in [0.25, 0.3) is 0 Å². The molecular formula is C19H41N7O3. The predicted octanol–water partition coefficient (Wildman–Crippen LogP) is -2.33. The Bertz CT molecular complexity index is 463. The van der Waals surface area contributed by atoms with Gasteiger partial charge in [0.2, 0.25) is 11.8 Å². The molecule has 0 heterocycles. The number of amides is 2. The third-order valence-electron chi connectivity index (χ3n) is 4.33. The number of nitrogens with one attached hydrogen (secondary N) is 5. The maximum Gasteiger partial charge on any atom is 0.232 e. The fraction of sp³-hybridized carbons (Fsp3) is 0.842. The Labute approximate surface area is 174 Å². The smallest absolute Gasteiger partial charge is 0.232 e. The average molecular weight is 416 g/mol. The molecule has 0 aromatic heterocycles. The molecule has 9 N–H and O–H groups in total. The Hall–Kier alpha value is -1.59. The van der Waals surface area contributed by atoms with Crippen molar-refractivity contribution in [3.8, 4) is 0 Å². The minimum atomic E-state index is -0.914. The molecule has 0 fully saturated rings. The second-order valence-corrected chi connectivity index (χ2v) is 6.92. The van der Waals surface area contributed by atoms with Crippen LogP contribution in [-0.4, -0.2) is 82.5 Å². The van der Waals surface area contributed by atoms with Gasteiger partial charge in [-0.2, -0.15) is 0 Å². The summed E-state index contributed by atoms with van der Waals surface area (Å²) in [5.74, 6) is -1.73. The summed E-state index contributed by atoms with van der Waals surface area (Å²) in [6, 6.07) is -0.548. The summed E-state index contributed by atoms with van der Waals surface area (Å²) in [5, 5.41) is 15.0. The van der Waals surface area contributed by atoms with Gasteiger partial charge in [0, 0.05) is 64.8 Å². The number of ketones is 1. The van der Waals surface area contributed by atoms with Crippen LogP contribution in [0.15, 0.2) is 0 Å². The molecule has 0 bridgehead atoms. The molecule has 0 saturated carbocycles. The largest absolute Gasteiger partial charge is 0.355 e. The molecular weight excluding hydrogens is 374 g/mol. The molecule has 0 aliphatic heterocycles. The van der Waals surface area contributed by atoms with Gasteiger partial charge in [-0.05, 0) is 19.9 Å². The molecule has 0 aliphatic rings. The van der Waals surface area contributed by atoms with Crippen molar-refractivity contribution >= 4 is 17.6 Å². The van der Waals surface area contributed by atoms with Crippen molar-refractivity contribution in [2.24, 2.45) is 17.4 Å². The van der Waals surface area contributed by atoms with Gasteiger partial charge in [-0.15, -0.1) is 0 Å². The van der Waals surface area contributed by atoms with E-state index in [9.17, 15) is 14.4 Å². The fourth-order valence-electron chi connectivity index (χ4n) is 2.82. The predicted molar refractivity (Wildman–Crippen MR) is 115 cm³/mol. The second kappa shape index (κ2) is 18.4. The minimum absolute atomic E-state index is 0.0592. The Morgan fingerprint density at radius 1 is 0.828 bits per heavy atom. The van der Waals surface area contributed by atoms with Crippen molar-refractivity contribution < 1.29 is 14.4 Å². The first-order valence-electron chi connectivity index (χ1n) is 10.6. The Kier molecular flexibility index (Phi) is 17.4. The molecule has 29 heavy (non-hydrogen) atoms. The van der Waals surface area contributed by atoms with E-state index < -0.39 is 12.0 Å². The number of Topliss-reactive ketones (excluding diaryl/α,β-unsaturated/α-hetero) is 1. The van der Waals surface area contributed by atoms with E-state index in [0.29, 0.717) is 58.9 Å². The second-order valence-electron chi connectivity index (χ2n) is 6.92. The highest BCUT2D eigenvalue weighted by Gasteiger charge is 2.33. The maximum atomic E-state index is 12.6. The third kappa shape index (κ3) is 14.1. The van der Waals surface area contributed by atoms with Gasteiger partial charge in [0.1, 0.15) is 11.7 Å². The lowest BCUT2D eigenvalue weighted by Gasteiger charge is -2.25. The number of carbonyl (C=O) groups excluding carboxylic acids is 3. The molecule has 10 heteroatoms. The van der Waals surface area contributed by atoms with Crippen molar-refractivity contribution in [1.82, 2.24) is 26.6 Å². The van der Waals surface area contributed by atoms with E-state index in [-0.39, 0.29) is 24.0 Å². The van der Waals surface area contributed by atoms with E-state index in [1.54, 1.807) is 0 Å². The van der Waals surface area contributed by atoms with Gasteiger partial charge in [0.05, 0.1) is 0 Å². The van der Waals surface area contributed by atoms with Crippen molar-refractivity contribution in [2.75, 3.05) is 58.9 Å². The third-order valence-corrected chi connectivity index (χ3v) is 4.33. The average Bonchev–Trinajstić information content (AvgIpc) is 2.67. The molecule has 0 aliphatic carbocycles. The first-order valence-corrected chi connectivity index (χ1v) is 10.6. The van der Waals surface area contributed by atoms with E-state index in [1.165, 1.54) is 6.92 Å². The molecule has 10 nitrogen and oxygen atoms in total. The quantitative estimate of drug-likeness (QED) is 0.0912. The van der Waals surface area contributed by atoms with Crippen LogP contribution >= 0.6 is 0 Å². The minimum Gasteiger partial charge on any atom is -0.355 e. The number of rotatable bonds is 19. The van der Waals surface area contributed by atoms with E-state index >= 15 is 0 Å². The zero-order valence-electron chi connectivity index (χ0n) is 18.0. The monoisotopic (exact) mass is 415 g/mol. The van der Waals surface area contributed by atoms with Crippen LogP contribution in [0.2, 0.25) is 0 Å². The summed E-state index contributed by atoms with van der Waals surface area (Å²) >= 11 is 0. The Balaban J connectivity index is 4.78. The topological polar surface area (TPSA) is 163 Å². The van der Waals surface area contributed by atoms with Crippen molar-refractivity contribution in [1.29, 1.82) is 0 Å². The Morgan fingerprint density at radius 3 is 1.93 bits per heavy atom. The molecule has 2 unspecified atom stereocenters. The van der Waals surface area contributed by atoms with E-state index in [1.807, 2.05) is 0 Å². The summed E-state index contributed by atoms with van der Waals surface area (Å²) < 4.78 is 0. The molecule has 2 atom stereocenters. The molecule has 0 aromatic rings. The number of unbranched alkanes of at least 4 members (excludes halogenated alkanes) is 1. The van der Waals surface area contributed by atoms with Crippen LogP contribution < -0.4 is 38.1 Å². The standard InChI is InChI=1S/C19H41N7O3/c1-3-4-7-24-16(14-17(28)25-12-10-22-8-5-20)18(15(2)27)19(29)26-13-11-23-9-6-21/h16,18,22-24H,3-14,20-21H2,1-2H3,(H,25,28)(H,26,29). The zero-order chi connectivity index (χ0) is 21.9. The van der Waals surface area contributed by atoms with Crippen molar-refractivity contribution in [2.45, 2.75) is 39.2 Å². The summed E-state index contributed by atoms with van der Waals surface area (Å²) in [6.07, 6.45) is 1.93. The molecule has 170 valence electrons. The number of carbonyl (C=O) groups is 3. The van der Waals surface area contributed by atoms with Crippen LogP contribution in [0.3, 0.4) is 0 Å². The number of hydrogen-bond acceptors (Lipinski definition) is 8. The molecule has 0 saturated heterocycles. The highest BCUT2D eigenvalue weighted by atomic mass is 16.2. The van der Waals surface area contributed by atoms with Gasteiger partial charge in [-0.3, -0.25) is 14.4 Å². The molecule has 0 radical (unpaired) electrons. The van der Waals surface area contributed by atoms with Crippen LogP contribution in [0.5, 0.6) is 0 Å². The van der Waals surface area contributed by atoms with Crippen molar-refractivity contribution in [3.63, 3.8) is 0 Å². The van der Waals surface area contributed by atoms with E-state index in [4.69, 9.17) is 11.5 Å². The van der Waals surface area contributed by atoms with Crippen LogP contribution in [0.4, 0.5) is 0 Å². The molecule has 0 rings (SSSR count). The SMILES string of the molecule is CCCCNC(CC(=O)NCCNCCN)C(C(C)=O)C(=O)NCCNCCN. The highest BCUT2D eigenvalue weighted by Crippen LogP contribution is 2.11. The Morgan fingerprint density at radius 2 is 1.41 bits per heavy atom. The van der Waals surface area contributed by atoms with Gasteiger partial charge in [0.15, 0.2) is 0 Å². The first kappa shape index (κ1) is 27.4. The number of nitrogens with two attached hydrogens (primary N) is 2. The maximum absolute atomic E-state index is 12.6. The lowest BCUT2D eigenvalue weighted by atomic mass is 9.91. The zero-order valence-corrected chi connectivity index (χ0v) is 18.0. The highest BCUT2D eigenvalue weighted by molar-refractivity contribution is 6.01. The van der Waals surface area contributed by atoms with E-state index in [2.05, 4.69) is 33.5 Å². The number of hydrogen-bond donors (Lipinski definition) is 7. The summed E-state index contributed by atoms with van der Waals surface area (Å²) in [6.45, 7) is 8.52. The van der Waals surface area contributed by atoms with Gasteiger partial charge < -0.3 is 38.1 Å². The lowest BCUT2D eigenvalue weighted by Crippen LogP contribution is -2.51. The first-order chi connectivity index (χ1) is 14.0. The van der Waals surface area contributed by atoms with Crippen LogP contribution in [-0.2, 0) is 14.4 Å². The van der Waals surface area contributed by atoms with E-state index in [0.717, 1.165) is 12.8 Å². The summed E-state index contributed by atoms with van der Waals surface area (Å²) in [5.41, 5.74) is 10.8. The van der Waals surface area contributed by atoms with Gasteiger partial charge >= 0.3 is 0 Å². The van der Waals surface area contributed by atoms with Gasteiger partial charge in [-0.25, -0.2) is 0 Å². The van der Waals surface area contributed by atoms with Crippen LogP contribution in [0, 0.1) is 5.92 Å². The fourth-order valence-corrected chi connectivity index (χ4v) is 2.82. The van der Waals surface area contributed by atoms with Crippen LogP contribution in [0.1, 0.15) is 33.1 Å². The summed E-state index contributed by atoms with van der Waals surface area (Å²) in [7, 11) is 0. The normalized spacial score (nSPS) is 13.0. The van der Waals surface area contributed by atoms with Crippen LogP contribution in [0.25, 0.3) is 0 Å². The van der Waals surface area contributed by atoms with Crippen molar-refractivity contribution in [3.05, 3.63) is 0 Å².